The molecule has 2 aromatic rings. The van der Waals surface area contributed by atoms with Gasteiger partial charge in [0.05, 0.1) is 0 Å². The van der Waals surface area contributed by atoms with Crippen LogP contribution >= 0.6 is 0 Å². The van der Waals surface area contributed by atoms with Crippen LogP contribution in [0, 0.1) is 13.8 Å². The van der Waals surface area contributed by atoms with E-state index in [-0.39, 0.29) is 0 Å². The number of hydrogen-bond acceptors (Lipinski definition) is 4. The van der Waals surface area contributed by atoms with E-state index in [2.05, 4.69) is 60.1 Å². The molecule has 2 aliphatic heterocycles. The van der Waals surface area contributed by atoms with Gasteiger partial charge < -0.3 is 9.80 Å². The number of piperazine rings is 1. The molecule has 31 heavy (non-hydrogen) atoms. The zero-order chi connectivity index (χ0) is 22.3. The molecule has 2 aliphatic rings. The minimum absolute atomic E-state index is 0.342. The maximum absolute atomic E-state index is 12.9. The van der Waals surface area contributed by atoms with Crippen molar-refractivity contribution < 1.29 is 8.42 Å². The highest BCUT2D eigenvalue weighted by atomic mass is 32.2. The fraction of sp³-hybridized carbons (Fsp3) is 0.400. The smallest absolute Gasteiger partial charge is 0.285 e. The van der Waals surface area contributed by atoms with Gasteiger partial charge in [-0.1, -0.05) is 50.2 Å². The number of nitrogens with zero attached hydrogens (tertiary/aromatic N) is 3. The highest BCUT2D eigenvalue weighted by Gasteiger charge is 2.34. The van der Waals surface area contributed by atoms with E-state index in [0.717, 1.165) is 37.3 Å². The monoisotopic (exact) mass is 437 g/mol. The summed E-state index contributed by atoms with van der Waals surface area (Å²) in [7, 11) is -3.69. The first kappa shape index (κ1) is 21.6. The molecule has 164 valence electrons. The summed E-state index contributed by atoms with van der Waals surface area (Å²) in [5, 5.41) is 0. The minimum Gasteiger partial charge on any atom is -0.368 e. The van der Waals surface area contributed by atoms with Crippen LogP contribution in [0.25, 0.3) is 4.91 Å². The molecule has 6 heteroatoms. The maximum Gasteiger partial charge on any atom is 0.285 e. The molecule has 0 N–H and O–H groups in total. The standard InChI is InChI=1S/C25H31N3O2S/c1-17(2)21-8-10-22(11-9-21)24-20(5)25(26-31(24,29)30)28-14-12-27(13-15-28)23-16-18(3)6-7-19(23)4/h6-11,16-17H,12-15H2,1-5H3. The molecule has 0 aromatic heterocycles. The Hall–Kier alpha value is -2.60. The number of anilines is 1. The van der Waals surface area contributed by atoms with Gasteiger partial charge in [0, 0.05) is 37.4 Å². The van der Waals surface area contributed by atoms with Crippen molar-refractivity contribution in [3.05, 3.63) is 70.3 Å². The van der Waals surface area contributed by atoms with Gasteiger partial charge in [-0.15, -0.1) is 4.40 Å². The second-order valence-electron chi connectivity index (χ2n) is 8.88. The highest BCUT2D eigenvalue weighted by molar-refractivity contribution is 8.00. The Balaban J connectivity index is 1.56. The lowest BCUT2D eigenvalue weighted by Crippen LogP contribution is -2.49. The summed E-state index contributed by atoms with van der Waals surface area (Å²) in [4.78, 5) is 4.84. The van der Waals surface area contributed by atoms with Crippen LogP contribution in [-0.2, 0) is 10.0 Å². The number of aryl methyl sites for hydroxylation is 2. The maximum atomic E-state index is 12.9. The Morgan fingerprint density at radius 1 is 0.871 bits per heavy atom. The first-order valence-electron chi connectivity index (χ1n) is 10.9. The van der Waals surface area contributed by atoms with Gasteiger partial charge in [0.15, 0.2) is 0 Å². The third-order valence-corrected chi connectivity index (χ3v) is 7.74. The third kappa shape index (κ3) is 4.13. The number of hydrogen-bond donors (Lipinski definition) is 0. The van der Waals surface area contributed by atoms with Crippen molar-refractivity contribution >= 4 is 26.5 Å². The summed E-state index contributed by atoms with van der Waals surface area (Å²) < 4.78 is 30.1. The molecule has 4 rings (SSSR count). The van der Waals surface area contributed by atoms with E-state index in [1.165, 1.54) is 22.4 Å². The molecule has 0 atom stereocenters. The van der Waals surface area contributed by atoms with E-state index in [9.17, 15) is 8.42 Å². The average Bonchev–Trinajstić information content (AvgIpc) is 2.98. The fourth-order valence-corrected chi connectivity index (χ4v) is 5.91. The Morgan fingerprint density at radius 2 is 1.48 bits per heavy atom. The summed E-state index contributed by atoms with van der Waals surface area (Å²) in [6.07, 6.45) is 0. The summed E-state index contributed by atoms with van der Waals surface area (Å²) >= 11 is 0. The van der Waals surface area contributed by atoms with E-state index < -0.39 is 10.0 Å². The molecular formula is C25H31N3O2S. The lowest BCUT2D eigenvalue weighted by molar-refractivity contribution is 0.386. The Labute approximate surface area is 186 Å². The topological polar surface area (TPSA) is 53.0 Å². The van der Waals surface area contributed by atoms with Crippen molar-refractivity contribution in [1.82, 2.24) is 4.90 Å². The van der Waals surface area contributed by atoms with Gasteiger partial charge in [0.25, 0.3) is 10.0 Å². The number of sulfonamides is 1. The van der Waals surface area contributed by atoms with Crippen LogP contribution in [0.5, 0.6) is 0 Å². The van der Waals surface area contributed by atoms with Gasteiger partial charge in [-0.3, -0.25) is 0 Å². The molecule has 0 unspecified atom stereocenters. The molecule has 1 saturated heterocycles. The van der Waals surface area contributed by atoms with Gasteiger partial charge in [-0.2, -0.15) is 8.42 Å². The molecule has 2 aromatic carbocycles. The number of benzene rings is 2. The molecule has 0 spiro atoms. The SMILES string of the molecule is CC1=C(c2ccc(C(C)C)cc2)S(=O)(=O)N=C1N1CCN(c2cc(C)ccc2C)CC1. The third-order valence-electron chi connectivity index (χ3n) is 6.26. The second kappa shape index (κ2) is 8.15. The normalized spacial score (nSPS) is 18.7. The van der Waals surface area contributed by atoms with Crippen molar-refractivity contribution in [1.29, 1.82) is 0 Å². The number of rotatable bonds is 3. The van der Waals surface area contributed by atoms with Crippen LogP contribution in [0.15, 0.2) is 52.4 Å². The molecule has 5 nitrogen and oxygen atoms in total. The Morgan fingerprint density at radius 3 is 2.10 bits per heavy atom. The van der Waals surface area contributed by atoms with Crippen LogP contribution < -0.4 is 4.90 Å². The van der Waals surface area contributed by atoms with Crippen molar-refractivity contribution in [3.8, 4) is 0 Å². The van der Waals surface area contributed by atoms with Gasteiger partial charge >= 0.3 is 0 Å². The van der Waals surface area contributed by atoms with Crippen LogP contribution in [-0.4, -0.2) is 45.3 Å². The first-order valence-corrected chi connectivity index (χ1v) is 12.3. The van der Waals surface area contributed by atoms with E-state index in [4.69, 9.17) is 0 Å². The molecule has 2 heterocycles. The summed E-state index contributed by atoms with van der Waals surface area (Å²) in [6, 6.07) is 14.4. The molecule has 0 bridgehead atoms. The lowest BCUT2D eigenvalue weighted by Gasteiger charge is -2.38. The van der Waals surface area contributed by atoms with E-state index in [1.807, 2.05) is 31.2 Å². The number of amidine groups is 1. The lowest BCUT2D eigenvalue weighted by atomic mass is 10.0. The molecular weight excluding hydrogens is 406 g/mol. The van der Waals surface area contributed by atoms with E-state index >= 15 is 0 Å². The Kier molecular flexibility index (Phi) is 5.69. The predicted octanol–water partition coefficient (Wildman–Crippen LogP) is 4.72. The zero-order valence-electron chi connectivity index (χ0n) is 19.0. The van der Waals surface area contributed by atoms with Gasteiger partial charge in [0.2, 0.25) is 0 Å². The molecule has 0 aliphatic carbocycles. The van der Waals surface area contributed by atoms with Crippen LogP contribution in [0.1, 0.15) is 48.9 Å². The minimum atomic E-state index is -3.69. The van der Waals surface area contributed by atoms with Crippen LogP contribution in [0.3, 0.4) is 0 Å². The van der Waals surface area contributed by atoms with Crippen molar-refractivity contribution in [2.75, 3.05) is 31.1 Å². The van der Waals surface area contributed by atoms with Gasteiger partial charge in [0.1, 0.15) is 10.7 Å². The molecule has 0 amide bonds. The van der Waals surface area contributed by atoms with Gasteiger partial charge in [-0.05, 0) is 55.0 Å². The highest BCUT2D eigenvalue weighted by Crippen LogP contribution is 2.34. The van der Waals surface area contributed by atoms with Crippen LogP contribution in [0.2, 0.25) is 0 Å². The van der Waals surface area contributed by atoms with Crippen molar-refractivity contribution in [2.45, 2.75) is 40.5 Å². The second-order valence-corrected chi connectivity index (χ2v) is 10.4. The zero-order valence-corrected chi connectivity index (χ0v) is 19.8. The summed E-state index contributed by atoms with van der Waals surface area (Å²) in [5.41, 5.74) is 6.44. The van der Waals surface area contributed by atoms with E-state index in [1.54, 1.807) is 0 Å². The largest absolute Gasteiger partial charge is 0.368 e. The molecule has 1 fully saturated rings. The molecule has 0 radical (unpaired) electrons. The van der Waals surface area contributed by atoms with Crippen molar-refractivity contribution in [3.63, 3.8) is 0 Å². The van der Waals surface area contributed by atoms with E-state index in [0.29, 0.717) is 16.7 Å². The van der Waals surface area contributed by atoms with Crippen LogP contribution in [0.4, 0.5) is 5.69 Å². The Bertz CT molecular complexity index is 1150. The summed E-state index contributed by atoms with van der Waals surface area (Å²) in [5.74, 6) is 1.01. The first-order chi connectivity index (χ1) is 14.7. The average molecular weight is 438 g/mol. The van der Waals surface area contributed by atoms with Crippen molar-refractivity contribution in [2.24, 2.45) is 4.40 Å². The quantitative estimate of drug-likeness (QED) is 0.697. The molecule has 0 saturated carbocycles. The summed E-state index contributed by atoms with van der Waals surface area (Å²) in [6.45, 7) is 13.6. The fourth-order valence-electron chi connectivity index (χ4n) is 4.42. The van der Waals surface area contributed by atoms with Gasteiger partial charge in [-0.25, -0.2) is 0 Å². The predicted molar refractivity (Wildman–Crippen MR) is 129 cm³/mol.